The van der Waals surface area contributed by atoms with Gasteiger partial charge in [0.05, 0.1) is 19.8 Å². The van der Waals surface area contributed by atoms with Crippen molar-refractivity contribution in [3.8, 4) is 0 Å². The van der Waals surface area contributed by atoms with E-state index in [0.29, 0.717) is 6.10 Å². The van der Waals surface area contributed by atoms with Crippen LogP contribution in [0.3, 0.4) is 0 Å². The van der Waals surface area contributed by atoms with Crippen LogP contribution in [0.15, 0.2) is 12.4 Å². The number of halogens is 1. The molecule has 0 aliphatic rings. The van der Waals surface area contributed by atoms with Gasteiger partial charge in [-0.25, -0.2) is 9.13 Å². The van der Waals surface area contributed by atoms with Gasteiger partial charge in [0.1, 0.15) is 18.9 Å². The van der Waals surface area contributed by atoms with Crippen LogP contribution in [0.1, 0.15) is 317 Å². The first kappa shape index (κ1) is 62.6. The standard InChI is InChI=1S/C59H117N2O.BrH/c1-8-10-12-14-16-18-20-22-24-26-28-30-32-34-36-38-45-58(46-39-37-35-33-31-29-27-25-23-21-19-17-15-13-11-9-2)47-40-41-48-59(50-49-56(5)44-42-43-55(3)4)62-54-53-61-52-51-60(7)57(61)6;/h51-52,55-56,58-59H,8-50,53-54H2,1-7H3;1H/q+1;/p-1. The monoisotopic (exact) mass is 949 g/mol. The smallest absolute Gasteiger partial charge is 0.253 e. The minimum absolute atomic E-state index is 0. The van der Waals surface area contributed by atoms with E-state index in [1.54, 1.807) is 0 Å². The first-order valence-electron chi connectivity index (χ1n) is 29.0. The Hall–Kier alpha value is -0.350. The van der Waals surface area contributed by atoms with E-state index in [0.717, 1.165) is 30.9 Å². The van der Waals surface area contributed by atoms with E-state index in [2.05, 4.69) is 70.1 Å². The fraction of sp³-hybridized carbons (Fsp3) is 0.949. The molecule has 4 heteroatoms. The molecule has 0 aliphatic heterocycles. The summed E-state index contributed by atoms with van der Waals surface area (Å²) in [5.41, 5.74) is 0. The average molecular weight is 951 g/mol. The topological polar surface area (TPSA) is 18.0 Å². The van der Waals surface area contributed by atoms with Crippen molar-refractivity contribution in [2.75, 3.05) is 6.61 Å². The molecule has 0 spiro atoms. The van der Waals surface area contributed by atoms with Crippen LogP contribution in [0, 0.1) is 24.7 Å². The van der Waals surface area contributed by atoms with Gasteiger partial charge in [0.2, 0.25) is 0 Å². The van der Waals surface area contributed by atoms with Gasteiger partial charge in [-0.15, -0.1) is 0 Å². The van der Waals surface area contributed by atoms with Gasteiger partial charge in [0.25, 0.3) is 5.82 Å². The second-order valence-electron chi connectivity index (χ2n) is 21.5. The van der Waals surface area contributed by atoms with Crippen LogP contribution in [0.2, 0.25) is 0 Å². The van der Waals surface area contributed by atoms with Crippen LogP contribution in [0.4, 0.5) is 0 Å². The lowest BCUT2D eigenvalue weighted by molar-refractivity contribution is -0.677. The number of ether oxygens (including phenoxy) is 1. The largest absolute Gasteiger partial charge is 1.00 e. The normalized spacial score (nSPS) is 12.8. The van der Waals surface area contributed by atoms with Crippen LogP contribution >= 0.6 is 0 Å². The van der Waals surface area contributed by atoms with E-state index in [1.807, 2.05) is 0 Å². The Labute approximate surface area is 408 Å². The van der Waals surface area contributed by atoms with Crippen molar-refractivity contribution < 1.29 is 26.3 Å². The van der Waals surface area contributed by atoms with Crippen molar-refractivity contribution in [3.63, 3.8) is 0 Å². The number of hydrogen-bond donors (Lipinski definition) is 0. The molecule has 0 bridgehead atoms. The van der Waals surface area contributed by atoms with Crippen molar-refractivity contribution >= 4 is 0 Å². The molecule has 0 N–H and O–H groups in total. The molecule has 1 aromatic rings. The third-order valence-electron chi connectivity index (χ3n) is 14.9. The van der Waals surface area contributed by atoms with Crippen molar-refractivity contribution in [3.05, 3.63) is 18.2 Å². The summed E-state index contributed by atoms with van der Waals surface area (Å²) >= 11 is 0. The summed E-state index contributed by atoms with van der Waals surface area (Å²) in [4.78, 5) is 0. The van der Waals surface area contributed by atoms with Crippen molar-refractivity contribution in [1.29, 1.82) is 0 Å². The van der Waals surface area contributed by atoms with E-state index in [-0.39, 0.29) is 17.0 Å². The zero-order chi connectivity index (χ0) is 45.0. The van der Waals surface area contributed by atoms with Gasteiger partial charge in [-0.3, -0.25) is 0 Å². The second kappa shape index (κ2) is 48.1. The highest BCUT2D eigenvalue weighted by Gasteiger charge is 2.16. The van der Waals surface area contributed by atoms with Gasteiger partial charge >= 0.3 is 0 Å². The van der Waals surface area contributed by atoms with E-state index in [1.165, 1.54) is 282 Å². The summed E-state index contributed by atoms with van der Waals surface area (Å²) < 4.78 is 11.3. The quantitative estimate of drug-likeness (QED) is 0.0470. The molecule has 0 aromatic carbocycles. The number of unbranched alkanes of at least 4 members (excludes halogenated alkanes) is 31. The van der Waals surface area contributed by atoms with Gasteiger partial charge in [-0.2, -0.15) is 0 Å². The summed E-state index contributed by atoms with van der Waals surface area (Å²) in [6, 6.07) is 0. The van der Waals surface area contributed by atoms with Crippen LogP contribution in [0.25, 0.3) is 0 Å². The number of imidazole rings is 1. The molecule has 3 nitrogen and oxygen atoms in total. The Morgan fingerprint density at radius 3 is 1.17 bits per heavy atom. The lowest BCUT2D eigenvalue weighted by Crippen LogP contribution is -3.00. The Kier molecular flexibility index (Phi) is 47.9. The van der Waals surface area contributed by atoms with Gasteiger partial charge in [0.15, 0.2) is 0 Å². The van der Waals surface area contributed by atoms with E-state index >= 15 is 0 Å². The van der Waals surface area contributed by atoms with E-state index in [4.69, 9.17) is 4.74 Å². The van der Waals surface area contributed by atoms with Crippen LogP contribution in [-0.4, -0.2) is 17.3 Å². The maximum atomic E-state index is 6.71. The summed E-state index contributed by atoms with van der Waals surface area (Å²) in [5, 5.41) is 0. The first-order chi connectivity index (χ1) is 30.4. The summed E-state index contributed by atoms with van der Waals surface area (Å²) in [6.45, 7) is 15.9. The second-order valence-corrected chi connectivity index (χ2v) is 21.5. The third-order valence-corrected chi connectivity index (χ3v) is 14.9. The van der Waals surface area contributed by atoms with Gasteiger partial charge in [-0.05, 0) is 37.0 Å². The molecule has 0 saturated carbocycles. The SMILES string of the molecule is CCCCCCCCCCCCCCCCCCC(CCCCCCCCCCCCCCCCCC)CCCCC(CCC(C)CCCC(C)C)OCCn1cc[n+](C)c1C.[Br-]. The molecule has 0 aliphatic carbocycles. The summed E-state index contributed by atoms with van der Waals surface area (Å²) in [5.74, 6) is 3.90. The molecule has 0 amide bonds. The predicted molar refractivity (Wildman–Crippen MR) is 277 cm³/mol. The van der Waals surface area contributed by atoms with Gasteiger partial charge < -0.3 is 21.7 Å². The summed E-state index contributed by atoms with van der Waals surface area (Å²) in [6.07, 6.45) is 66.8. The number of aromatic nitrogens is 2. The molecule has 2 unspecified atom stereocenters. The fourth-order valence-electron chi connectivity index (χ4n) is 10.2. The minimum atomic E-state index is 0. The van der Waals surface area contributed by atoms with Crippen molar-refractivity contribution in [2.45, 2.75) is 330 Å². The van der Waals surface area contributed by atoms with Crippen LogP contribution in [-0.2, 0) is 18.3 Å². The van der Waals surface area contributed by atoms with E-state index in [9.17, 15) is 0 Å². The number of nitrogens with zero attached hydrogens (tertiary/aromatic N) is 2. The Balaban J connectivity index is 0.0000384. The highest BCUT2D eigenvalue weighted by molar-refractivity contribution is 4.79. The summed E-state index contributed by atoms with van der Waals surface area (Å²) in [7, 11) is 2.14. The third kappa shape index (κ3) is 41.6. The molecular weight excluding hydrogens is 833 g/mol. The van der Waals surface area contributed by atoms with E-state index < -0.39 is 0 Å². The first-order valence-corrected chi connectivity index (χ1v) is 29.0. The zero-order valence-electron chi connectivity index (χ0n) is 44.5. The highest BCUT2D eigenvalue weighted by atomic mass is 79.9. The molecule has 1 rings (SSSR count). The molecule has 376 valence electrons. The maximum absolute atomic E-state index is 6.71. The predicted octanol–water partition coefficient (Wildman–Crippen LogP) is 16.7. The minimum Gasteiger partial charge on any atom is -1.00 e. The maximum Gasteiger partial charge on any atom is 0.253 e. The fourth-order valence-corrected chi connectivity index (χ4v) is 10.2. The van der Waals surface area contributed by atoms with Crippen molar-refractivity contribution in [1.82, 2.24) is 4.57 Å². The number of rotatable bonds is 50. The van der Waals surface area contributed by atoms with Crippen molar-refractivity contribution in [2.24, 2.45) is 24.8 Å². The van der Waals surface area contributed by atoms with Gasteiger partial charge in [-0.1, -0.05) is 291 Å². The number of hydrogen-bond acceptors (Lipinski definition) is 1. The molecule has 0 fully saturated rings. The molecule has 1 heterocycles. The molecule has 0 saturated heterocycles. The zero-order valence-corrected chi connectivity index (χ0v) is 46.1. The van der Waals surface area contributed by atoms with Crippen LogP contribution in [0.5, 0.6) is 0 Å². The Morgan fingerprint density at radius 2 is 0.810 bits per heavy atom. The molecule has 1 aromatic heterocycles. The number of aryl methyl sites for hydroxylation is 1. The van der Waals surface area contributed by atoms with Crippen LogP contribution < -0.4 is 21.5 Å². The lowest BCUT2D eigenvalue weighted by Gasteiger charge is -2.21. The Morgan fingerprint density at radius 1 is 0.444 bits per heavy atom. The molecular formula is C59H117BrN2O. The lowest BCUT2D eigenvalue weighted by atomic mass is 9.89. The molecule has 63 heavy (non-hydrogen) atoms. The average Bonchev–Trinajstić information content (AvgIpc) is 3.58. The molecule has 2 atom stereocenters. The highest BCUT2D eigenvalue weighted by Crippen LogP contribution is 2.27. The Bertz CT molecular complexity index is 987. The van der Waals surface area contributed by atoms with Gasteiger partial charge in [0, 0.05) is 6.92 Å². The molecule has 0 radical (unpaired) electrons.